The number of amides is 2. The van der Waals surface area contributed by atoms with Crippen molar-refractivity contribution in [3.05, 3.63) is 131 Å². The number of carbonyl (C=O) groups excluding carboxylic acids is 2. The van der Waals surface area contributed by atoms with Crippen molar-refractivity contribution in [2.45, 2.75) is 37.2 Å². The van der Waals surface area contributed by atoms with Gasteiger partial charge < -0.3 is 10.2 Å². The third-order valence-electron chi connectivity index (χ3n) is 6.74. The zero-order valence-corrected chi connectivity index (χ0v) is 25.0. The van der Waals surface area contributed by atoms with Gasteiger partial charge in [-0.15, -0.1) is 0 Å². The molecule has 0 aliphatic carbocycles. The zero-order chi connectivity index (χ0) is 30.0. The van der Waals surface area contributed by atoms with Crippen LogP contribution in [0.3, 0.4) is 0 Å². The Bertz CT molecular complexity index is 1550. The van der Waals surface area contributed by atoms with E-state index in [9.17, 15) is 18.0 Å². The topological polar surface area (TPSA) is 86.8 Å². The maximum Gasteiger partial charge on any atom is 0.264 e. The van der Waals surface area contributed by atoms with Crippen LogP contribution in [0.15, 0.2) is 120 Å². The summed E-state index contributed by atoms with van der Waals surface area (Å²) in [6, 6.07) is 32.1. The molecule has 0 saturated carbocycles. The summed E-state index contributed by atoms with van der Waals surface area (Å²) >= 11 is 6.12. The third-order valence-corrected chi connectivity index (χ3v) is 8.78. The predicted molar refractivity (Wildman–Crippen MR) is 167 cm³/mol. The Morgan fingerprint density at radius 2 is 1.36 bits per heavy atom. The van der Waals surface area contributed by atoms with Crippen molar-refractivity contribution < 1.29 is 18.0 Å². The van der Waals surface area contributed by atoms with Crippen LogP contribution < -0.4 is 9.62 Å². The highest BCUT2D eigenvalue weighted by atomic mass is 35.5. The van der Waals surface area contributed by atoms with Crippen molar-refractivity contribution in [3.8, 4) is 0 Å². The highest BCUT2D eigenvalue weighted by molar-refractivity contribution is 7.92. The first-order chi connectivity index (χ1) is 20.3. The van der Waals surface area contributed by atoms with Crippen LogP contribution in [0.25, 0.3) is 0 Å². The Morgan fingerprint density at radius 3 is 1.95 bits per heavy atom. The van der Waals surface area contributed by atoms with Gasteiger partial charge in [-0.1, -0.05) is 97.4 Å². The van der Waals surface area contributed by atoms with Crippen LogP contribution >= 0.6 is 11.6 Å². The zero-order valence-electron chi connectivity index (χ0n) is 23.4. The Balaban J connectivity index is 1.76. The lowest BCUT2D eigenvalue weighted by Gasteiger charge is -2.34. The number of nitrogens with one attached hydrogen (secondary N) is 1. The quantitative estimate of drug-likeness (QED) is 0.212. The fourth-order valence-corrected chi connectivity index (χ4v) is 6.11. The van der Waals surface area contributed by atoms with Crippen molar-refractivity contribution in [2.24, 2.45) is 0 Å². The van der Waals surface area contributed by atoms with Gasteiger partial charge in [0.2, 0.25) is 11.8 Å². The van der Waals surface area contributed by atoms with E-state index in [1.165, 1.54) is 17.0 Å². The summed E-state index contributed by atoms with van der Waals surface area (Å²) in [6.45, 7) is 1.99. The van der Waals surface area contributed by atoms with Crippen LogP contribution in [0.2, 0.25) is 5.02 Å². The Morgan fingerprint density at radius 1 is 0.786 bits per heavy atom. The lowest BCUT2D eigenvalue weighted by molar-refractivity contribution is -0.140. The molecule has 0 radical (unpaired) electrons. The van der Waals surface area contributed by atoms with E-state index in [1.54, 1.807) is 72.8 Å². The van der Waals surface area contributed by atoms with E-state index in [2.05, 4.69) is 5.32 Å². The van der Waals surface area contributed by atoms with Gasteiger partial charge in [0, 0.05) is 24.5 Å². The first-order valence-electron chi connectivity index (χ1n) is 13.8. The number of carbonyl (C=O) groups is 2. The third kappa shape index (κ3) is 7.99. The average molecular weight is 604 g/mol. The van der Waals surface area contributed by atoms with Crippen LogP contribution in [0, 0.1) is 0 Å². The van der Waals surface area contributed by atoms with E-state index in [-0.39, 0.29) is 23.8 Å². The van der Waals surface area contributed by atoms with Gasteiger partial charge in [-0.25, -0.2) is 8.42 Å². The molecule has 0 spiro atoms. The normalized spacial score (nSPS) is 11.9. The lowest BCUT2D eigenvalue weighted by Crippen LogP contribution is -2.53. The fourth-order valence-electron chi connectivity index (χ4n) is 4.55. The maximum atomic E-state index is 14.3. The van der Waals surface area contributed by atoms with Gasteiger partial charge in [0.25, 0.3) is 10.0 Å². The average Bonchev–Trinajstić information content (AvgIpc) is 3.02. The minimum Gasteiger partial charge on any atom is -0.354 e. The molecule has 0 aromatic heterocycles. The summed E-state index contributed by atoms with van der Waals surface area (Å²) in [5.41, 5.74) is 1.97. The number of hydrogen-bond donors (Lipinski definition) is 1. The summed E-state index contributed by atoms with van der Waals surface area (Å²) in [5, 5.41) is 3.48. The summed E-state index contributed by atoms with van der Waals surface area (Å²) in [7, 11) is -4.11. The summed E-state index contributed by atoms with van der Waals surface area (Å²) in [4.78, 5) is 29.4. The number of para-hydroxylation sites is 1. The first-order valence-corrected chi connectivity index (χ1v) is 15.6. The minimum atomic E-state index is -4.11. The summed E-state index contributed by atoms with van der Waals surface area (Å²) in [6.07, 6.45) is 0.985. The summed E-state index contributed by atoms with van der Waals surface area (Å²) in [5.74, 6) is -0.818. The van der Waals surface area contributed by atoms with Crippen LogP contribution in [0.5, 0.6) is 0 Å². The van der Waals surface area contributed by atoms with Crippen LogP contribution in [0.4, 0.5) is 5.69 Å². The van der Waals surface area contributed by atoms with E-state index in [0.717, 1.165) is 21.9 Å². The van der Waals surface area contributed by atoms with Crippen molar-refractivity contribution >= 4 is 39.1 Å². The van der Waals surface area contributed by atoms with E-state index in [4.69, 9.17) is 11.6 Å². The number of nitrogens with zero attached hydrogens (tertiary/aromatic N) is 2. The smallest absolute Gasteiger partial charge is 0.264 e. The molecule has 0 bridgehead atoms. The second-order valence-corrected chi connectivity index (χ2v) is 12.1. The molecule has 218 valence electrons. The van der Waals surface area contributed by atoms with Crippen molar-refractivity contribution in [3.63, 3.8) is 0 Å². The summed E-state index contributed by atoms with van der Waals surface area (Å²) < 4.78 is 28.9. The molecule has 0 heterocycles. The molecule has 0 saturated heterocycles. The Labute approximate surface area is 252 Å². The van der Waals surface area contributed by atoms with E-state index in [1.807, 2.05) is 37.3 Å². The fraction of sp³-hybridized carbons (Fsp3) is 0.212. The van der Waals surface area contributed by atoms with Gasteiger partial charge in [0.15, 0.2) is 0 Å². The van der Waals surface area contributed by atoms with E-state index >= 15 is 0 Å². The molecule has 1 atom stereocenters. The monoisotopic (exact) mass is 603 g/mol. The highest BCUT2D eigenvalue weighted by Crippen LogP contribution is 2.25. The number of sulfonamides is 1. The maximum absolute atomic E-state index is 14.3. The van der Waals surface area contributed by atoms with Gasteiger partial charge in [-0.2, -0.15) is 0 Å². The number of halogens is 1. The van der Waals surface area contributed by atoms with Gasteiger partial charge >= 0.3 is 0 Å². The first kappa shape index (κ1) is 30.8. The van der Waals surface area contributed by atoms with Gasteiger partial charge in [-0.3, -0.25) is 13.9 Å². The van der Waals surface area contributed by atoms with Crippen LogP contribution in [0.1, 0.15) is 24.5 Å². The molecule has 4 rings (SSSR count). The standard InChI is InChI=1S/C33H34ClN3O4S/c1-2-22-35-33(39)31(23-26-12-6-3-7-13-26)36(24-27-18-20-28(34)21-19-27)32(38)25-37(29-14-8-4-9-15-29)42(40,41)30-16-10-5-11-17-30/h3-21,31H,2,22-25H2,1H3,(H,35,39)/t31-/m0/s1. The lowest BCUT2D eigenvalue weighted by atomic mass is 10.0. The van der Waals surface area contributed by atoms with Crippen LogP contribution in [-0.2, 0) is 32.6 Å². The van der Waals surface area contributed by atoms with Gasteiger partial charge in [0.1, 0.15) is 12.6 Å². The molecule has 0 aliphatic heterocycles. The van der Waals surface area contributed by atoms with Crippen molar-refractivity contribution in [2.75, 3.05) is 17.4 Å². The molecule has 2 amide bonds. The highest BCUT2D eigenvalue weighted by Gasteiger charge is 2.34. The van der Waals surface area contributed by atoms with Gasteiger partial charge in [0.05, 0.1) is 10.6 Å². The number of anilines is 1. The molecule has 42 heavy (non-hydrogen) atoms. The van der Waals surface area contributed by atoms with Crippen molar-refractivity contribution in [1.29, 1.82) is 0 Å². The second kappa shape index (κ2) is 14.7. The Kier molecular flexibility index (Phi) is 10.8. The molecular weight excluding hydrogens is 570 g/mol. The van der Waals surface area contributed by atoms with E-state index in [0.29, 0.717) is 17.3 Å². The predicted octanol–water partition coefficient (Wildman–Crippen LogP) is 5.70. The van der Waals surface area contributed by atoms with Gasteiger partial charge in [-0.05, 0) is 53.9 Å². The van der Waals surface area contributed by atoms with Crippen LogP contribution in [-0.4, -0.2) is 44.3 Å². The Hall–Kier alpha value is -4.14. The molecule has 7 nitrogen and oxygen atoms in total. The molecule has 0 unspecified atom stereocenters. The molecule has 1 N–H and O–H groups in total. The molecule has 4 aromatic carbocycles. The number of benzene rings is 4. The molecule has 0 fully saturated rings. The number of hydrogen-bond acceptors (Lipinski definition) is 4. The molecule has 0 aliphatic rings. The largest absolute Gasteiger partial charge is 0.354 e. The molecular formula is C33H34ClN3O4S. The van der Waals surface area contributed by atoms with E-state index < -0.39 is 28.5 Å². The minimum absolute atomic E-state index is 0.0624. The second-order valence-electron chi connectivity index (χ2n) is 9.80. The molecule has 9 heteroatoms. The molecule has 4 aromatic rings. The SMILES string of the molecule is CCCNC(=O)[C@H](Cc1ccccc1)N(Cc1ccc(Cl)cc1)C(=O)CN(c1ccccc1)S(=O)(=O)c1ccccc1. The van der Waals surface area contributed by atoms with Crippen molar-refractivity contribution in [1.82, 2.24) is 10.2 Å². The number of rotatable bonds is 13.